The molecule has 1 atom stereocenters. The Hall–Kier alpha value is -2.08. The Kier molecular flexibility index (Phi) is 5.23. The number of amides is 2. The predicted octanol–water partition coefficient (Wildman–Crippen LogP) is 1.93. The monoisotopic (exact) mass is 360 g/mol. The smallest absolute Gasteiger partial charge is 0.257 e. The summed E-state index contributed by atoms with van der Waals surface area (Å²) in [5.41, 5.74) is 1.30. The summed E-state index contributed by atoms with van der Waals surface area (Å²) < 4.78 is 0. The Labute approximate surface area is 154 Å². The van der Waals surface area contributed by atoms with Gasteiger partial charge in [0.2, 0.25) is 5.91 Å². The molecule has 2 saturated heterocycles. The van der Waals surface area contributed by atoms with Gasteiger partial charge >= 0.3 is 0 Å². The number of piperidine rings is 2. The van der Waals surface area contributed by atoms with Gasteiger partial charge < -0.3 is 20.0 Å². The third-order valence-corrected chi connectivity index (χ3v) is 5.73. The summed E-state index contributed by atoms with van der Waals surface area (Å²) in [6, 6.07) is 5.12. The summed E-state index contributed by atoms with van der Waals surface area (Å²) >= 11 is 0. The molecule has 6 nitrogen and oxygen atoms in total. The molecule has 26 heavy (non-hydrogen) atoms. The number of carbonyl (C=O) groups is 2. The number of aromatic hydroxyl groups is 1. The summed E-state index contributed by atoms with van der Waals surface area (Å²) in [6.07, 6.45) is 2.52. The van der Waals surface area contributed by atoms with Crippen molar-refractivity contribution in [3.63, 3.8) is 0 Å². The summed E-state index contributed by atoms with van der Waals surface area (Å²) in [5, 5.41) is 19.7. The molecule has 142 valence electrons. The van der Waals surface area contributed by atoms with Crippen molar-refractivity contribution in [1.82, 2.24) is 9.80 Å². The lowest BCUT2D eigenvalue weighted by atomic mass is 9.72. The van der Waals surface area contributed by atoms with Gasteiger partial charge in [0, 0.05) is 32.6 Å². The Balaban J connectivity index is 1.65. The standard InChI is InChI=1S/C20H28N2O4/c1-14-3-4-16(17(24)11-14)19(26)21-9-7-20(8-10-21)6-5-18(25)22(13-20)12-15(2)23/h3-4,11,15,23-24H,5-10,12-13H2,1-2H3/t15-/m0/s1. The highest BCUT2D eigenvalue weighted by Gasteiger charge is 2.42. The lowest BCUT2D eigenvalue weighted by Gasteiger charge is -2.47. The second-order valence-electron chi connectivity index (χ2n) is 7.94. The quantitative estimate of drug-likeness (QED) is 0.863. The average molecular weight is 360 g/mol. The molecule has 2 heterocycles. The van der Waals surface area contributed by atoms with Crippen LogP contribution in [0.4, 0.5) is 0 Å². The van der Waals surface area contributed by atoms with E-state index in [-0.39, 0.29) is 23.0 Å². The third-order valence-electron chi connectivity index (χ3n) is 5.73. The van der Waals surface area contributed by atoms with E-state index in [2.05, 4.69) is 0 Å². The first-order valence-electron chi connectivity index (χ1n) is 9.34. The van der Waals surface area contributed by atoms with Crippen molar-refractivity contribution in [3.05, 3.63) is 29.3 Å². The van der Waals surface area contributed by atoms with Crippen molar-refractivity contribution in [2.45, 2.75) is 45.6 Å². The van der Waals surface area contributed by atoms with Crippen LogP contribution in [0.2, 0.25) is 0 Å². The van der Waals surface area contributed by atoms with Gasteiger partial charge in [0.1, 0.15) is 5.75 Å². The molecule has 2 N–H and O–H groups in total. The maximum atomic E-state index is 12.7. The van der Waals surface area contributed by atoms with Crippen LogP contribution in [0, 0.1) is 12.3 Å². The number of nitrogens with zero attached hydrogens (tertiary/aromatic N) is 2. The molecule has 3 rings (SSSR count). The molecule has 0 aromatic heterocycles. The van der Waals surface area contributed by atoms with E-state index in [0.29, 0.717) is 38.2 Å². The van der Waals surface area contributed by atoms with Crippen LogP contribution in [-0.4, -0.2) is 64.1 Å². The number of benzene rings is 1. The Morgan fingerprint density at radius 2 is 1.96 bits per heavy atom. The number of phenolic OH excluding ortho intramolecular Hbond substituents is 1. The van der Waals surface area contributed by atoms with Crippen LogP contribution in [-0.2, 0) is 4.79 Å². The molecular weight excluding hydrogens is 332 g/mol. The van der Waals surface area contributed by atoms with E-state index in [9.17, 15) is 19.8 Å². The lowest BCUT2D eigenvalue weighted by molar-refractivity contribution is -0.140. The number of hydrogen-bond acceptors (Lipinski definition) is 4. The fraction of sp³-hybridized carbons (Fsp3) is 0.600. The van der Waals surface area contributed by atoms with E-state index in [4.69, 9.17) is 0 Å². The highest BCUT2D eigenvalue weighted by Crippen LogP contribution is 2.40. The molecule has 2 fully saturated rings. The van der Waals surface area contributed by atoms with Gasteiger partial charge in [0.05, 0.1) is 11.7 Å². The first-order valence-corrected chi connectivity index (χ1v) is 9.34. The largest absolute Gasteiger partial charge is 0.507 e. The number of aryl methyl sites for hydroxylation is 1. The van der Waals surface area contributed by atoms with E-state index >= 15 is 0 Å². The summed E-state index contributed by atoms with van der Waals surface area (Å²) in [7, 11) is 0. The molecule has 0 radical (unpaired) electrons. The molecule has 0 aliphatic carbocycles. The first kappa shape index (κ1) is 18.7. The molecule has 1 aromatic rings. The van der Waals surface area contributed by atoms with Crippen molar-refractivity contribution in [2.24, 2.45) is 5.41 Å². The normalized spacial score (nSPS) is 21.1. The maximum Gasteiger partial charge on any atom is 0.257 e. The van der Waals surface area contributed by atoms with E-state index in [0.717, 1.165) is 24.8 Å². The average Bonchev–Trinajstić information content (AvgIpc) is 2.58. The Bertz CT molecular complexity index is 693. The fourth-order valence-electron chi connectivity index (χ4n) is 4.17. The number of hydrogen-bond donors (Lipinski definition) is 2. The highest BCUT2D eigenvalue weighted by atomic mass is 16.3. The van der Waals surface area contributed by atoms with Gasteiger partial charge in [-0.2, -0.15) is 0 Å². The van der Waals surface area contributed by atoms with Crippen molar-refractivity contribution in [3.8, 4) is 5.75 Å². The fourth-order valence-corrected chi connectivity index (χ4v) is 4.17. The van der Waals surface area contributed by atoms with Crippen molar-refractivity contribution in [1.29, 1.82) is 0 Å². The molecular formula is C20H28N2O4. The number of likely N-dealkylation sites (tertiary alicyclic amines) is 2. The SMILES string of the molecule is Cc1ccc(C(=O)N2CCC3(CCC(=O)N(C[C@H](C)O)C3)CC2)c(O)c1. The number of β-amino-alcohol motifs (C(OH)–C–C–N with tert-alkyl or cyclic N) is 1. The molecule has 2 amide bonds. The zero-order valence-electron chi connectivity index (χ0n) is 15.6. The van der Waals surface area contributed by atoms with Crippen LogP contribution >= 0.6 is 0 Å². The Morgan fingerprint density at radius 3 is 2.58 bits per heavy atom. The van der Waals surface area contributed by atoms with Crippen LogP contribution in [0.5, 0.6) is 5.75 Å². The number of aliphatic hydroxyl groups excluding tert-OH is 1. The van der Waals surface area contributed by atoms with Gasteiger partial charge in [-0.05, 0) is 56.2 Å². The number of rotatable bonds is 3. The van der Waals surface area contributed by atoms with Gasteiger partial charge in [0.25, 0.3) is 5.91 Å². The van der Waals surface area contributed by atoms with Crippen molar-refractivity contribution in [2.75, 3.05) is 26.2 Å². The van der Waals surface area contributed by atoms with E-state index < -0.39 is 6.10 Å². The molecule has 6 heteroatoms. The molecule has 1 spiro atoms. The molecule has 1 aromatic carbocycles. The minimum absolute atomic E-state index is 0.0293. The van der Waals surface area contributed by atoms with Crippen LogP contribution in [0.25, 0.3) is 0 Å². The number of phenols is 1. The Morgan fingerprint density at radius 1 is 1.27 bits per heavy atom. The van der Waals surface area contributed by atoms with Crippen LogP contribution in [0.3, 0.4) is 0 Å². The summed E-state index contributed by atoms with van der Waals surface area (Å²) in [4.78, 5) is 28.4. The van der Waals surface area contributed by atoms with Gasteiger partial charge in [-0.1, -0.05) is 6.07 Å². The highest BCUT2D eigenvalue weighted by molar-refractivity contribution is 5.97. The van der Waals surface area contributed by atoms with Gasteiger partial charge in [-0.15, -0.1) is 0 Å². The van der Waals surface area contributed by atoms with Crippen molar-refractivity contribution < 1.29 is 19.8 Å². The van der Waals surface area contributed by atoms with Crippen molar-refractivity contribution >= 4 is 11.8 Å². The van der Waals surface area contributed by atoms with Crippen LogP contribution in [0.1, 0.15) is 48.5 Å². The van der Waals surface area contributed by atoms with E-state index in [1.807, 2.05) is 13.0 Å². The minimum Gasteiger partial charge on any atom is -0.507 e. The molecule has 0 bridgehead atoms. The number of aliphatic hydroxyl groups is 1. The van der Waals surface area contributed by atoms with Gasteiger partial charge in [0.15, 0.2) is 0 Å². The summed E-state index contributed by atoms with van der Waals surface area (Å²) in [5.74, 6) is 0.00587. The lowest BCUT2D eigenvalue weighted by Crippen LogP contribution is -2.53. The summed E-state index contributed by atoms with van der Waals surface area (Å²) in [6.45, 7) is 5.87. The van der Waals surface area contributed by atoms with Gasteiger partial charge in [-0.3, -0.25) is 9.59 Å². The van der Waals surface area contributed by atoms with Crippen LogP contribution < -0.4 is 0 Å². The predicted molar refractivity (Wildman–Crippen MR) is 97.9 cm³/mol. The van der Waals surface area contributed by atoms with Crippen LogP contribution in [0.15, 0.2) is 18.2 Å². The van der Waals surface area contributed by atoms with Gasteiger partial charge in [-0.25, -0.2) is 0 Å². The maximum absolute atomic E-state index is 12.7. The molecule has 0 unspecified atom stereocenters. The second-order valence-corrected chi connectivity index (χ2v) is 7.94. The third kappa shape index (κ3) is 3.85. The zero-order chi connectivity index (χ0) is 18.9. The second kappa shape index (κ2) is 7.27. The molecule has 2 aliphatic heterocycles. The number of carbonyl (C=O) groups excluding carboxylic acids is 2. The molecule has 2 aliphatic rings. The zero-order valence-corrected chi connectivity index (χ0v) is 15.6. The topological polar surface area (TPSA) is 81.1 Å². The molecule has 0 saturated carbocycles. The van der Waals surface area contributed by atoms with E-state index in [1.54, 1.807) is 28.9 Å². The minimum atomic E-state index is -0.528. The van der Waals surface area contributed by atoms with E-state index in [1.165, 1.54) is 0 Å². The first-order chi connectivity index (χ1) is 12.3.